The number of urea groups is 2. The van der Waals surface area contributed by atoms with E-state index in [1.165, 1.54) is 19.2 Å². The summed E-state index contributed by atoms with van der Waals surface area (Å²) in [5.74, 6) is -3.16. The number of hydrogen-bond acceptors (Lipinski definition) is 6. The molecule has 1 aliphatic carbocycles. The number of halogens is 4. The minimum Gasteiger partial charge on any atom is -0.466 e. The molecule has 1 saturated carbocycles. The maximum atomic E-state index is 14.3. The topological polar surface area (TPSA) is 100 Å². The third-order valence-corrected chi connectivity index (χ3v) is 8.61. The van der Waals surface area contributed by atoms with E-state index in [4.69, 9.17) is 9.47 Å². The molecule has 4 amide bonds. The van der Waals surface area contributed by atoms with Crippen LogP contribution in [-0.2, 0) is 14.3 Å². The van der Waals surface area contributed by atoms with E-state index >= 15 is 0 Å². The molecule has 5 rings (SSSR count). The van der Waals surface area contributed by atoms with Crippen LogP contribution in [0.5, 0.6) is 0 Å². The van der Waals surface area contributed by atoms with Gasteiger partial charge in [0.1, 0.15) is 11.9 Å². The largest absolute Gasteiger partial charge is 0.466 e. The van der Waals surface area contributed by atoms with Crippen molar-refractivity contribution in [1.29, 1.82) is 0 Å². The highest BCUT2D eigenvalue weighted by Gasteiger charge is 2.44. The second-order valence-corrected chi connectivity index (χ2v) is 11.2. The molecule has 2 atom stereocenters. The predicted molar refractivity (Wildman–Crippen MR) is 158 cm³/mol. The van der Waals surface area contributed by atoms with Gasteiger partial charge < -0.3 is 20.1 Å². The van der Waals surface area contributed by atoms with Crippen LogP contribution in [0.2, 0.25) is 0 Å². The Morgan fingerprint density at radius 2 is 1.70 bits per heavy atom. The molecule has 1 saturated heterocycles. The van der Waals surface area contributed by atoms with Gasteiger partial charge >= 0.3 is 18.0 Å². The van der Waals surface area contributed by atoms with Gasteiger partial charge in [-0.15, -0.1) is 12.4 Å². The Kier molecular flexibility index (Phi) is 10.9. The first kappa shape index (κ1) is 33.3. The van der Waals surface area contributed by atoms with Gasteiger partial charge in [0.15, 0.2) is 11.6 Å². The van der Waals surface area contributed by atoms with Crippen molar-refractivity contribution in [2.45, 2.75) is 56.1 Å². The van der Waals surface area contributed by atoms with Crippen molar-refractivity contribution in [2.75, 3.05) is 33.9 Å². The standard InChI is InChI=1S/C31H35F3N4O5.ClH/c1-42-17-26-27(29(39)43-2)28(19-9-12-24(33)25(34)15-19)38(31(41)36-26)30(40)35-20-13-14-37(16-20)21-10-7-18(8-11-21)22-5-3-4-6-23(22)32;/h3-6,9,12,15,18,20-21,28H,7-8,10-11,13-14,16-17H2,1-2H3,(H,35,40)(H,36,41);1H/t18?,20-,21?,28?;/m1./s1. The van der Waals surface area contributed by atoms with Gasteiger partial charge in [-0.3, -0.25) is 4.90 Å². The van der Waals surface area contributed by atoms with Gasteiger partial charge in [-0.05, 0) is 67.3 Å². The number of likely N-dealkylation sites (tertiary alicyclic amines) is 1. The Morgan fingerprint density at radius 3 is 2.36 bits per heavy atom. The molecule has 2 aromatic rings. The summed E-state index contributed by atoms with van der Waals surface area (Å²) in [6, 6.07) is 6.80. The first-order valence-electron chi connectivity index (χ1n) is 14.4. The van der Waals surface area contributed by atoms with E-state index in [1.54, 1.807) is 6.07 Å². The lowest BCUT2D eigenvalue weighted by atomic mass is 9.81. The SMILES string of the molecule is COCC1=C(C(=O)OC)C(c2ccc(F)c(F)c2)N(C(=O)N[C@@H]2CCN(C3CCC(c4ccccc4F)CC3)C2)C(=O)N1.Cl. The summed E-state index contributed by atoms with van der Waals surface area (Å²) >= 11 is 0. The zero-order chi connectivity index (χ0) is 30.7. The normalized spacial score (nSPS) is 24.0. The minimum absolute atomic E-state index is 0. The lowest BCUT2D eigenvalue weighted by Gasteiger charge is -2.37. The van der Waals surface area contributed by atoms with Crippen LogP contribution in [0, 0.1) is 17.5 Å². The summed E-state index contributed by atoms with van der Waals surface area (Å²) in [5, 5.41) is 5.42. The van der Waals surface area contributed by atoms with E-state index in [1.807, 2.05) is 12.1 Å². The Morgan fingerprint density at radius 1 is 0.977 bits per heavy atom. The molecule has 9 nitrogen and oxygen atoms in total. The molecule has 44 heavy (non-hydrogen) atoms. The maximum absolute atomic E-state index is 14.3. The molecule has 2 fully saturated rings. The predicted octanol–water partition coefficient (Wildman–Crippen LogP) is 5.18. The van der Waals surface area contributed by atoms with Gasteiger partial charge in [0, 0.05) is 32.3 Å². The quantitative estimate of drug-likeness (QED) is 0.407. The van der Waals surface area contributed by atoms with Crippen LogP contribution in [0.25, 0.3) is 0 Å². The Labute approximate surface area is 260 Å². The van der Waals surface area contributed by atoms with Crippen LogP contribution in [-0.4, -0.2) is 73.8 Å². The van der Waals surface area contributed by atoms with E-state index < -0.39 is 35.7 Å². The number of carbonyl (C=O) groups excluding carboxylic acids is 3. The number of carbonyl (C=O) groups is 3. The van der Waals surface area contributed by atoms with Gasteiger partial charge in [-0.2, -0.15) is 0 Å². The number of rotatable bonds is 7. The average molecular weight is 637 g/mol. The minimum atomic E-state index is -1.40. The summed E-state index contributed by atoms with van der Waals surface area (Å²) in [5.41, 5.74) is 0.690. The summed E-state index contributed by atoms with van der Waals surface area (Å²) in [6.45, 7) is 1.10. The van der Waals surface area contributed by atoms with Gasteiger partial charge in [-0.25, -0.2) is 32.5 Å². The van der Waals surface area contributed by atoms with Gasteiger partial charge in [-0.1, -0.05) is 24.3 Å². The highest BCUT2D eigenvalue weighted by Crippen LogP contribution is 2.38. The first-order chi connectivity index (χ1) is 20.7. The summed E-state index contributed by atoms with van der Waals surface area (Å²) in [6.07, 6.45) is 4.19. The van der Waals surface area contributed by atoms with E-state index in [0.29, 0.717) is 19.0 Å². The third-order valence-electron chi connectivity index (χ3n) is 8.61. The van der Waals surface area contributed by atoms with Crippen molar-refractivity contribution >= 4 is 30.4 Å². The number of amides is 4. The van der Waals surface area contributed by atoms with Crippen LogP contribution >= 0.6 is 12.4 Å². The van der Waals surface area contributed by atoms with Crippen molar-refractivity contribution in [3.8, 4) is 0 Å². The van der Waals surface area contributed by atoms with E-state index in [0.717, 1.165) is 61.9 Å². The number of esters is 1. The van der Waals surface area contributed by atoms with Crippen LogP contribution in [0.15, 0.2) is 53.7 Å². The number of hydrogen-bond donors (Lipinski definition) is 2. The highest BCUT2D eigenvalue weighted by molar-refractivity contribution is 6.01. The van der Waals surface area contributed by atoms with Crippen LogP contribution in [0.4, 0.5) is 22.8 Å². The summed E-state index contributed by atoms with van der Waals surface area (Å²) < 4.78 is 52.5. The Balaban J connectivity index is 0.00000442. The molecule has 2 aliphatic heterocycles. The Bertz CT molecular complexity index is 1420. The van der Waals surface area contributed by atoms with E-state index in [-0.39, 0.29) is 53.6 Å². The van der Waals surface area contributed by atoms with Gasteiger partial charge in [0.25, 0.3) is 0 Å². The lowest BCUT2D eigenvalue weighted by Crippen LogP contribution is -2.56. The second kappa shape index (κ2) is 14.4. The Hall–Kier alpha value is -3.61. The molecule has 2 N–H and O–H groups in total. The second-order valence-electron chi connectivity index (χ2n) is 11.2. The lowest BCUT2D eigenvalue weighted by molar-refractivity contribution is -0.137. The van der Waals surface area contributed by atoms with E-state index in [2.05, 4.69) is 15.5 Å². The molecule has 3 aliphatic rings. The third kappa shape index (κ3) is 6.87. The van der Waals surface area contributed by atoms with Gasteiger partial charge in [0.2, 0.25) is 0 Å². The van der Waals surface area contributed by atoms with Gasteiger partial charge in [0.05, 0.1) is 25.0 Å². The molecule has 2 aromatic carbocycles. The fourth-order valence-electron chi connectivity index (χ4n) is 6.52. The molecule has 0 spiro atoms. The zero-order valence-corrected chi connectivity index (χ0v) is 25.3. The molecule has 0 bridgehead atoms. The molecular weight excluding hydrogens is 601 g/mol. The number of nitrogens with one attached hydrogen (secondary N) is 2. The number of benzene rings is 2. The molecule has 0 aromatic heterocycles. The van der Waals surface area contributed by atoms with Crippen molar-refractivity contribution < 1.29 is 37.0 Å². The molecule has 2 heterocycles. The molecular formula is C31H36ClF3N4O5. The average Bonchev–Trinajstić information content (AvgIpc) is 3.46. The monoisotopic (exact) mass is 636 g/mol. The maximum Gasteiger partial charge on any atom is 0.338 e. The van der Waals surface area contributed by atoms with Crippen LogP contribution in [0.1, 0.15) is 55.2 Å². The fraction of sp³-hybridized carbons (Fsp3) is 0.452. The molecule has 0 radical (unpaired) electrons. The molecule has 13 heteroatoms. The van der Waals surface area contributed by atoms with Crippen LogP contribution in [0.3, 0.4) is 0 Å². The summed E-state index contributed by atoms with van der Waals surface area (Å²) in [4.78, 5) is 43.0. The van der Waals surface area contributed by atoms with E-state index in [9.17, 15) is 27.6 Å². The van der Waals surface area contributed by atoms with Crippen molar-refractivity contribution in [1.82, 2.24) is 20.4 Å². The number of ether oxygens (including phenoxy) is 2. The van der Waals surface area contributed by atoms with Crippen molar-refractivity contribution in [2.24, 2.45) is 0 Å². The first-order valence-corrected chi connectivity index (χ1v) is 14.4. The molecule has 1 unspecified atom stereocenters. The van der Waals surface area contributed by atoms with Crippen LogP contribution < -0.4 is 10.6 Å². The number of methoxy groups -OCH3 is 2. The fourth-order valence-corrected chi connectivity index (χ4v) is 6.52. The zero-order valence-electron chi connectivity index (χ0n) is 24.5. The number of imide groups is 1. The van der Waals surface area contributed by atoms with Crippen molar-refractivity contribution in [3.63, 3.8) is 0 Å². The van der Waals surface area contributed by atoms with Crippen molar-refractivity contribution in [3.05, 3.63) is 82.3 Å². The molecule has 238 valence electrons. The number of nitrogens with zero attached hydrogens (tertiary/aromatic N) is 2. The highest BCUT2D eigenvalue weighted by atomic mass is 35.5. The smallest absolute Gasteiger partial charge is 0.338 e. The summed E-state index contributed by atoms with van der Waals surface area (Å²) in [7, 11) is 2.50.